The van der Waals surface area contributed by atoms with Crippen LogP contribution in [0.5, 0.6) is 0 Å². The summed E-state index contributed by atoms with van der Waals surface area (Å²) in [5.41, 5.74) is 0. The second kappa shape index (κ2) is 50.5. The molecule has 1 saturated heterocycles. The molecule has 0 aromatic rings. The normalized spacial score (nSPS) is 14.2. The van der Waals surface area contributed by atoms with Crippen LogP contribution in [0.15, 0.2) is 0 Å². The van der Waals surface area contributed by atoms with Gasteiger partial charge in [0.1, 0.15) is 0 Å². The molecule has 1 rings (SSSR count). The lowest BCUT2D eigenvalue weighted by Crippen LogP contribution is -2.48. The molecule has 1 heterocycles. The standard InChI is InChI=1S/C54H111O3Si3/c1-4-7-10-13-16-19-22-25-28-31-34-37-40-43-46-49-52-58-55-59(53-50-47-44-41-38-35-32-29-26-23-20-17-14-11-8-5-2)57-60(56-58)54-51-48-45-42-39-36-33-30-27-24-21-18-15-12-9-6-3/h4-54H2,1-3H3. The summed E-state index contributed by atoms with van der Waals surface area (Å²) in [5.74, 6) is 0. The predicted molar refractivity (Wildman–Crippen MR) is 274 cm³/mol. The van der Waals surface area contributed by atoms with E-state index in [9.17, 15) is 0 Å². The molecule has 0 amide bonds. The second-order valence-electron chi connectivity index (χ2n) is 19.6. The molecule has 0 atom stereocenters. The van der Waals surface area contributed by atoms with E-state index in [-0.39, 0.29) is 0 Å². The van der Waals surface area contributed by atoms with E-state index in [1.165, 1.54) is 326 Å². The van der Waals surface area contributed by atoms with Gasteiger partial charge in [0, 0.05) is 0 Å². The first kappa shape index (κ1) is 58.5. The fourth-order valence-corrected chi connectivity index (χ4v) is 17.9. The van der Waals surface area contributed by atoms with Crippen LogP contribution in [-0.2, 0) is 12.3 Å². The molecule has 1 aliphatic heterocycles. The van der Waals surface area contributed by atoms with Crippen molar-refractivity contribution >= 4 is 27.9 Å². The average Bonchev–Trinajstić information content (AvgIpc) is 3.26. The molecule has 1 fully saturated rings. The first-order valence-corrected chi connectivity index (χ1v) is 33.0. The van der Waals surface area contributed by atoms with E-state index in [2.05, 4.69) is 20.8 Å². The Morgan fingerprint density at radius 3 is 0.417 bits per heavy atom. The SMILES string of the molecule is CCCCCCCCCCCCCCCCCC[Si]1O[Si](CCCCCCCCCCCCCCCCCC)O[Si](CCCCCCCCCCCCCCCCCC)O1. The van der Waals surface area contributed by atoms with E-state index in [1.54, 1.807) is 0 Å². The molecule has 0 N–H and O–H groups in total. The molecule has 3 nitrogen and oxygen atoms in total. The maximum Gasteiger partial charge on any atom is 0.365 e. The topological polar surface area (TPSA) is 27.7 Å². The van der Waals surface area contributed by atoms with E-state index in [4.69, 9.17) is 12.3 Å². The van der Waals surface area contributed by atoms with Gasteiger partial charge in [-0.3, -0.25) is 0 Å². The quantitative estimate of drug-likeness (QED) is 0.0450. The number of hydrogen-bond donors (Lipinski definition) is 0. The molecule has 0 aromatic carbocycles. The highest BCUT2D eigenvalue weighted by atomic mass is 28.5. The van der Waals surface area contributed by atoms with Gasteiger partial charge in [0.25, 0.3) is 0 Å². The highest BCUT2D eigenvalue weighted by molar-refractivity contribution is 6.73. The smallest absolute Gasteiger partial charge is 0.365 e. The molecule has 3 radical (unpaired) electrons. The minimum Gasteiger partial charge on any atom is -0.414 e. The number of unbranched alkanes of at least 4 members (excludes halogenated alkanes) is 45. The lowest BCUT2D eigenvalue weighted by Gasteiger charge is -2.32. The van der Waals surface area contributed by atoms with E-state index in [1.807, 2.05) is 0 Å². The molecular formula is C54H111O3Si3. The summed E-state index contributed by atoms with van der Waals surface area (Å²) >= 11 is 0. The maximum atomic E-state index is 6.68. The van der Waals surface area contributed by atoms with Gasteiger partial charge in [0.15, 0.2) is 0 Å². The molecule has 1 aliphatic rings. The maximum absolute atomic E-state index is 6.68. The Bertz CT molecular complexity index is 681. The van der Waals surface area contributed by atoms with Crippen molar-refractivity contribution < 1.29 is 12.3 Å². The zero-order valence-electron chi connectivity index (χ0n) is 41.8. The summed E-state index contributed by atoms with van der Waals surface area (Å²) in [5, 5.41) is 0. The van der Waals surface area contributed by atoms with Crippen LogP contribution in [0.25, 0.3) is 0 Å². The van der Waals surface area contributed by atoms with Gasteiger partial charge in [-0.25, -0.2) is 0 Å². The van der Waals surface area contributed by atoms with Gasteiger partial charge >= 0.3 is 27.9 Å². The Balaban J connectivity index is 2.18. The molecular weight excluding hydrogens is 781 g/mol. The first-order valence-electron chi connectivity index (χ1n) is 28.4. The van der Waals surface area contributed by atoms with Crippen LogP contribution < -0.4 is 0 Å². The Hall–Kier alpha value is 0.531. The molecule has 6 heteroatoms. The van der Waals surface area contributed by atoms with Crippen LogP contribution in [0.2, 0.25) is 18.1 Å². The van der Waals surface area contributed by atoms with Crippen LogP contribution in [0, 0.1) is 0 Å². The van der Waals surface area contributed by atoms with Gasteiger partial charge in [0.2, 0.25) is 0 Å². The van der Waals surface area contributed by atoms with Gasteiger partial charge in [-0.2, -0.15) is 0 Å². The highest BCUT2D eigenvalue weighted by Gasteiger charge is 2.37. The van der Waals surface area contributed by atoms with Gasteiger partial charge in [0.05, 0.1) is 0 Å². The Morgan fingerprint density at radius 1 is 0.167 bits per heavy atom. The fourth-order valence-electron chi connectivity index (χ4n) is 9.20. The Kier molecular flexibility index (Phi) is 49.3. The van der Waals surface area contributed by atoms with Crippen LogP contribution in [-0.4, -0.2) is 27.9 Å². The van der Waals surface area contributed by atoms with Crippen molar-refractivity contribution in [3.63, 3.8) is 0 Å². The summed E-state index contributed by atoms with van der Waals surface area (Å²) in [4.78, 5) is 0. The van der Waals surface area contributed by atoms with Gasteiger partial charge in [-0.05, 0) is 18.1 Å². The summed E-state index contributed by atoms with van der Waals surface area (Å²) < 4.78 is 20.0. The largest absolute Gasteiger partial charge is 0.414 e. The predicted octanol–water partition coefficient (Wildman–Crippen LogP) is 20.3. The summed E-state index contributed by atoms with van der Waals surface area (Å²) in [6, 6.07) is 3.56. The second-order valence-corrected chi connectivity index (χ2v) is 25.8. The first-order chi connectivity index (χ1) is 29.8. The molecule has 357 valence electrons. The highest BCUT2D eigenvalue weighted by Crippen LogP contribution is 2.24. The third-order valence-electron chi connectivity index (χ3n) is 13.4. The van der Waals surface area contributed by atoms with Crippen molar-refractivity contribution in [2.24, 2.45) is 0 Å². The van der Waals surface area contributed by atoms with Crippen molar-refractivity contribution in [2.45, 2.75) is 347 Å². The molecule has 0 aliphatic carbocycles. The van der Waals surface area contributed by atoms with Crippen LogP contribution in [0.3, 0.4) is 0 Å². The third-order valence-corrected chi connectivity index (χ3v) is 21.1. The average molecular weight is 893 g/mol. The monoisotopic (exact) mass is 892 g/mol. The zero-order valence-corrected chi connectivity index (χ0v) is 44.8. The molecule has 0 saturated carbocycles. The van der Waals surface area contributed by atoms with Crippen LogP contribution in [0.1, 0.15) is 329 Å². The van der Waals surface area contributed by atoms with E-state index in [0.717, 1.165) is 0 Å². The molecule has 0 unspecified atom stereocenters. The molecule has 0 aromatic heterocycles. The zero-order chi connectivity index (χ0) is 42.9. The third kappa shape index (κ3) is 43.8. The minimum atomic E-state index is -1.14. The van der Waals surface area contributed by atoms with Crippen molar-refractivity contribution in [1.29, 1.82) is 0 Å². The van der Waals surface area contributed by atoms with Crippen molar-refractivity contribution in [3.8, 4) is 0 Å². The van der Waals surface area contributed by atoms with Gasteiger partial charge in [-0.1, -0.05) is 329 Å². The van der Waals surface area contributed by atoms with Gasteiger partial charge in [-0.15, -0.1) is 0 Å². The summed E-state index contributed by atoms with van der Waals surface area (Å²) in [7, 11) is -3.42. The summed E-state index contributed by atoms with van der Waals surface area (Å²) in [6.45, 7) is 6.94. The van der Waals surface area contributed by atoms with E-state index in [0.29, 0.717) is 0 Å². The fraction of sp³-hybridized carbons (Fsp3) is 1.00. The van der Waals surface area contributed by atoms with Gasteiger partial charge < -0.3 is 12.3 Å². The van der Waals surface area contributed by atoms with E-state index < -0.39 is 27.9 Å². The molecule has 0 bridgehead atoms. The Morgan fingerprint density at radius 2 is 0.283 bits per heavy atom. The van der Waals surface area contributed by atoms with Crippen LogP contribution in [0.4, 0.5) is 0 Å². The lowest BCUT2D eigenvalue weighted by atomic mass is 10.0. The Labute approximate surface area is 385 Å². The molecule has 0 spiro atoms. The van der Waals surface area contributed by atoms with Crippen molar-refractivity contribution in [3.05, 3.63) is 0 Å². The number of rotatable bonds is 51. The summed E-state index contributed by atoms with van der Waals surface area (Å²) in [6.07, 6.45) is 68.6. The van der Waals surface area contributed by atoms with E-state index >= 15 is 0 Å². The van der Waals surface area contributed by atoms with Crippen LogP contribution >= 0.6 is 0 Å². The minimum absolute atomic E-state index is 1.14. The van der Waals surface area contributed by atoms with Crippen molar-refractivity contribution in [1.82, 2.24) is 0 Å². The lowest BCUT2D eigenvalue weighted by molar-refractivity contribution is 0.275. The van der Waals surface area contributed by atoms with Crippen molar-refractivity contribution in [2.75, 3.05) is 0 Å². The molecule has 60 heavy (non-hydrogen) atoms. The number of hydrogen-bond acceptors (Lipinski definition) is 3.